The molecule has 0 radical (unpaired) electrons. The molecule has 1 unspecified atom stereocenters. The van der Waals surface area contributed by atoms with Crippen molar-refractivity contribution in [2.45, 2.75) is 17.9 Å². The molecular formula is C13H17N3O3S. The second-order valence-corrected chi connectivity index (χ2v) is 6.91. The van der Waals surface area contributed by atoms with E-state index >= 15 is 0 Å². The Hall–Kier alpha value is -1.57. The Morgan fingerprint density at radius 2 is 2.25 bits per heavy atom. The number of nitrogen functional groups attached to an aromatic ring is 1. The molecule has 0 saturated carbocycles. The van der Waals surface area contributed by atoms with Crippen molar-refractivity contribution in [2.24, 2.45) is 0 Å². The van der Waals surface area contributed by atoms with Crippen molar-refractivity contribution in [1.29, 1.82) is 0 Å². The Labute approximate surface area is 117 Å². The molecule has 6 nitrogen and oxygen atoms in total. The Morgan fingerprint density at radius 3 is 3.00 bits per heavy atom. The lowest BCUT2D eigenvalue weighted by atomic mass is 10.2. The summed E-state index contributed by atoms with van der Waals surface area (Å²) in [6.07, 6.45) is 1.44. The van der Waals surface area contributed by atoms with Crippen LogP contribution in [0.25, 0.3) is 10.9 Å². The molecule has 1 fully saturated rings. The summed E-state index contributed by atoms with van der Waals surface area (Å²) in [5.41, 5.74) is 7.03. The Balaban J connectivity index is 2.05. The highest BCUT2D eigenvalue weighted by Crippen LogP contribution is 2.27. The Kier molecular flexibility index (Phi) is 3.19. The predicted molar refractivity (Wildman–Crippen MR) is 76.9 cm³/mol. The molecule has 3 N–H and O–H groups in total. The maximum atomic E-state index is 12.7. The number of sulfonamides is 1. The molecule has 0 bridgehead atoms. The van der Waals surface area contributed by atoms with Gasteiger partial charge in [0.2, 0.25) is 10.0 Å². The first-order chi connectivity index (χ1) is 9.48. The largest absolute Gasteiger partial charge is 0.399 e. The molecule has 0 spiro atoms. The first kappa shape index (κ1) is 13.4. The molecule has 20 heavy (non-hydrogen) atoms. The molecule has 7 heteroatoms. The number of morpholine rings is 1. The SMILES string of the molecule is CC1CN(S(=O)(=O)c2c[nH]c3cc(N)ccc23)CCO1. The minimum Gasteiger partial charge on any atom is -0.399 e. The molecule has 1 aromatic heterocycles. The Morgan fingerprint density at radius 1 is 1.45 bits per heavy atom. The van der Waals surface area contributed by atoms with Crippen LogP contribution in [-0.2, 0) is 14.8 Å². The number of nitrogens with two attached hydrogens (primary N) is 1. The Bertz CT molecular complexity index is 738. The third-order valence-corrected chi connectivity index (χ3v) is 5.39. The van der Waals surface area contributed by atoms with E-state index in [0.717, 1.165) is 5.52 Å². The first-order valence-corrected chi connectivity index (χ1v) is 7.91. The van der Waals surface area contributed by atoms with Crippen molar-refractivity contribution in [2.75, 3.05) is 25.4 Å². The molecule has 3 rings (SSSR count). The summed E-state index contributed by atoms with van der Waals surface area (Å²) in [5.74, 6) is 0. The summed E-state index contributed by atoms with van der Waals surface area (Å²) in [4.78, 5) is 3.26. The van der Waals surface area contributed by atoms with E-state index < -0.39 is 10.0 Å². The van der Waals surface area contributed by atoms with Gasteiger partial charge in [-0.3, -0.25) is 0 Å². The lowest BCUT2D eigenvalue weighted by Gasteiger charge is -2.30. The maximum absolute atomic E-state index is 12.7. The highest BCUT2D eigenvalue weighted by molar-refractivity contribution is 7.89. The number of H-pyrrole nitrogens is 1. The monoisotopic (exact) mass is 295 g/mol. The fourth-order valence-corrected chi connectivity index (χ4v) is 4.14. The number of fused-ring (bicyclic) bond motifs is 1. The van der Waals surface area contributed by atoms with Crippen LogP contribution in [0.3, 0.4) is 0 Å². The number of ether oxygens (including phenoxy) is 1. The van der Waals surface area contributed by atoms with E-state index in [9.17, 15) is 8.42 Å². The average Bonchev–Trinajstić information content (AvgIpc) is 2.82. The van der Waals surface area contributed by atoms with Gasteiger partial charge in [-0.2, -0.15) is 4.31 Å². The van der Waals surface area contributed by atoms with Crippen LogP contribution in [0.2, 0.25) is 0 Å². The van der Waals surface area contributed by atoms with Gasteiger partial charge in [0, 0.05) is 35.9 Å². The minimum absolute atomic E-state index is 0.0839. The van der Waals surface area contributed by atoms with Gasteiger partial charge in [0.25, 0.3) is 0 Å². The minimum atomic E-state index is -3.51. The summed E-state index contributed by atoms with van der Waals surface area (Å²) >= 11 is 0. The average molecular weight is 295 g/mol. The van der Waals surface area contributed by atoms with Crippen molar-refractivity contribution in [1.82, 2.24) is 9.29 Å². The third-order valence-electron chi connectivity index (χ3n) is 3.49. The van der Waals surface area contributed by atoms with Crippen LogP contribution < -0.4 is 5.73 Å². The lowest BCUT2D eigenvalue weighted by Crippen LogP contribution is -2.44. The number of hydrogen-bond donors (Lipinski definition) is 2. The lowest BCUT2D eigenvalue weighted by molar-refractivity contribution is 0.0102. The highest BCUT2D eigenvalue weighted by atomic mass is 32.2. The van der Waals surface area contributed by atoms with Crippen LogP contribution in [0.5, 0.6) is 0 Å². The van der Waals surface area contributed by atoms with Crippen LogP contribution in [-0.4, -0.2) is 43.5 Å². The second kappa shape index (κ2) is 4.76. The quantitative estimate of drug-likeness (QED) is 0.814. The molecule has 1 aromatic carbocycles. The van der Waals surface area contributed by atoms with Gasteiger partial charge < -0.3 is 15.5 Å². The van der Waals surface area contributed by atoms with Crippen LogP contribution in [0.4, 0.5) is 5.69 Å². The highest BCUT2D eigenvalue weighted by Gasteiger charge is 2.30. The molecule has 2 heterocycles. The van der Waals surface area contributed by atoms with Gasteiger partial charge in [0.05, 0.1) is 12.7 Å². The third kappa shape index (κ3) is 2.17. The number of nitrogens with one attached hydrogen (secondary N) is 1. The van der Waals surface area contributed by atoms with Gasteiger partial charge in [-0.25, -0.2) is 8.42 Å². The summed E-state index contributed by atoms with van der Waals surface area (Å²) in [5, 5.41) is 0.665. The van der Waals surface area contributed by atoms with E-state index in [1.165, 1.54) is 10.5 Å². The van der Waals surface area contributed by atoms with Crippen LogP contribution >= 0.6 is 0 Å². The maximum Gasteiger partial charge on any atom is 0.245 e. The topological polar surface area (TPSA) is 88.4 Å². The number of benzene rings is 1. The van der Waals surface area contributed by atoms with Crippen molar-refractivity contribution in [3.05, 3.63) is 24.4 Å². The van der Waals surface area contributed by atoms with Crippen LogP contribution in [0.1, 0.15) is 6.92 Å². The second-order valence-electron chi connectivity index (χ2n) is 5.00. The number of hydrogen-bond acceptors (Lipinski definition) is 4. The van der Waals surface area contributed by atoms with Crippen molar-refractivity contribution in [3.8, 4) is 0 Å². The smallest absolute Gasteiger partial charge is 0.245 e. The van der Waals surface area contributed by atoms with Crippen LogP contribution in [0.15, 0.2) is 29.3 Å². The normalized spacial score (nSPS) is 21.4. The van der Waals surface area contributed by atoms with Gasteiger partial charge in [-0.15, -0.1) is 0 Å². The zero-order valence-electron chi connectivity index (χ0n) is 11.2. The van der Waals surface area contributed by atoms with Crippen LogP contribution in [0, 0.1) is 0 Å². The van der Waals surface area contributed by atoms with E-state index in [1.807, 2.05) is 6.92 Å². The van der Waals surface area contributed by atoms with Gasteiger partial charge in [0.1, 0.15) is 4.90 Å². The van der Waals surface area contributed by atoms with Gasteiger partial charge >= 0.3 is 0 Å². The molecule has 2 aromatic rings. The van der Waals surface area contributed by atoms with E-state index in [-0.39, 0.29) is 6.10 Å². The summed E-state index contributed by atoms with van der Waals surface area (Å²) in [6, 6.07) is 5.17. The fraction of sp³-hybridized carbons (Fsp3) is 0.385. The zero-order valence-corrected chi connectivity index (χ0v) is 12.0. The number of rotatable bonds is 2. The molecule has 1 atom stereocenters. The first-order valence-electron chi connectivity index (χ1n) is 6.47. The number of nitrogens with zero attached hydrogens (tertiary/aromatic N) is 1. The summed E-state index contributed by atoms with van der Waals surface area (Å²) < 4.78 is 32.3. The molecule has 0 aliphatic carbocycles. The van der Waals surface area contributed by atoms with Crippen molar-refractivity contribution in [3.63, 3.8) is 0 Å². The number of aromatic amines is 1. The number of aromatic nitrogens is 1. The predicted octanol–water partition coefficient (Wildman–Crippen LogP) is 1.16. The van der Waals surface area contributed by atoms with Gasteiger partial charge in [-0.1, -0.05) is 0 Å². The molecule has 1 aliphatic rings. The van der Waals surface area contributed by atoms with Gasteiger partial charge in [0.15, 0.2) is 0 Å². The fourth-order valence-electron chi connectivity index (χ4n) is 2.47. The van der Waals surface area contributed by atoms with E-state index in [2.05, 4.69) is 4.98 Å². The van der Waals surface area contributed by atoms with Crippen molar-refractivity contribution >= 4 is 26.6 Å². The molecule has 0 amide bonds. The van der Waals surface area contributed by atoms with Gasteiger partial charge in [-0.05, 0) is 25.1 Å². The molecule has 1 saturated heterocycles. The summed E-state index contributed by atoms with van der Waals surface area (Å²) in [7, 11) is -3.51. The number of anilines is 1. The van der Waals surface area contributed by atoms with Crippen molar-refractivity contribution < 1.29 is 13.2 Å². The van der Waals surface area contributed by atoms with E-state index in [0.29, 0.717) is 35.7 Å². The van der Waals surface area contributed by atoms with E-state index in [1.54, 1.807) is 18.2 Å². The molecule has 1 aliphatic heterocycles. The zero-order chi connectivity index (χ0) is 14.3. The molecule has 108 valence electrons. The van der Waals surface area contributed by atoms with E-state index in [4.69, 9.17) is 10.5 Å². The standard InChI is InChI=1S/C13H17N3O3S/c1-9-8-16(4-5-19-9)20(17,18)13-7-15-12-6-10(14)2-3-11(12)13/h2-3,6-7,9,15H,4-5,8,14H2,1H3. The summed E-state index contributed by atoms with van der Waals surface area (Å²) in [6.45, 7) is 3.06. The molecular weight excluding hydrogens is 278 g/mol.